The second-order valence-electron chi connectivity index (χ2n) is 7.47. The number of hydrogen-bond donors (Lipinski definition) is 2. The molecule has 5 aromatic rings. The SMILES string of the molecule is Oc1ccc(-c2nc3ccccc3s2)cc1CNC(c1ccccc1)c1ccccc1. The Kier molecular flexibility index (Phi) is 5.48. The standard InChI is InChI=1S/C27H22N2OS/c30-24-16-15-21(27-29-23-13-7-8-14-25(23)31-27)17-22(24)18-28-26(19-9-3-1-4-10-19)20-11-5-2-6-12-20/h1-17,26,28,30H,18H2. The maximum Gasteiger partial charge on any atom is 0.124 e. The highest BCUT2D eigenvalue weighted by molar-refractivity contribution is 7.21. The van der Waals surface area contributed by atoms with E-state index in [0.29, 0.717) is 6.54 Å². The predicted molar refractivity (Wildman–Crippen MR) is 128 cm³/mol. The second kappa shape index (κ2) is 8.72. The molecule has 0 bridgehead atoms. The van der Waals surface area contributed by atoms with Crippen LogP contribution >= 0.6 is 11.3 Å². The van der Waals surface area contributed by atoms with E-state index in [4.69, 9.17) is 4.98 Å². The number of hydrogen-bond acceptors (Lipinski definition) is 4. The van der Waals surface area contributed by atoms with E-state index < -0.39 is 0 Å². The Labute approximate surface area is 185 Å². The van der Waals surface area contributed by atoms with E-state index in [1.807, 2.05) is 42.5 Å². The Morgan fingerprint density at radius 1 is 0.774 bits per heavy atom. The fraction of sp³-hybridized carbons (Fsp3) is 0.0741. The van der Waals surface area contributed by atoms with Crippen LogP contribution in [0.3, 0.4) is 0 Å². The van der Waals surface area contributed by atoms with Crippen LogP contribution in [-0.4, -0.2) is 10.1 Å². The molecule has 0 amide bonds. The molecule has 31 heavy (non-hydrogen) atoms. The molecule has 1 aromatic heterocycles. The molecule has 0 aliphatic carbocycles. The number of phenolic OH excluding ortho intramolecular Hbond substituents is 1. The smallest absolute Gasteiger partial charge is 0.124 e. The Bertz CT molecular complexity index is 1230. The summed E-state index contributed by atoms with van der Waals surface area (Å²) in [6.07, 6.45) is 0. The van der Waals surface area contributed by atoms with Gasteiger partial charge in [-0.3, -0.25) is 0 Å². The van der Waals surface area contributed by atoms with Gasteiger partial charge in [0.05, 0.1) is 16.3 Å². The highest BCUT2D eigenvalue weighted by atomic mass is 32.1. The first-order valence-electron chi connectivity index (χ1n) is 10.3. The average Bonchev–Trinajstić information content (AvgIpc) is 3.26. The van der Waals surface area contributed by atoms with Crippen LogP contribution in [0.1, 0.15) is 22.7 Å². The first kappa shape index (κ1) is 19.5. The molecule has 0 saturated carbocycles. The third kappa shape index (κ3) is 4.22. The molecule has 152 valence electrons. The number of phenols is 1. The lowest BCUT2D eigenvalue weighted by Gasteiger charge is -2.20. The highest BCUT2D eigenvalue weighted by Gasteiger charge is 2.15. The Morgan fingerprint density at radius 2 is 1.42 bits per heavy atom. The van der Waals surface area contributed by atoms with E-state index in [9.17, 15) is 5.11 Å². The minimum atomic E-state index is 0.0351. The number of nitrogens with one attached hydrogen (secondary N) is 1. The van der Waals surface area contributed by atoms with E-state index in [-0.39, 0.29) is 11.8 Å². The average molecular weight is 423 g/mol. The van der Waals surface area contributed by atoms with Crippen molar-refractivity contribution in [1.29, 1.82) is 0 Å². The summed E-state index contributed by atoms with van der Waals surface area (Å²) < 4.78 is 1.17. The topological polar surface area (TPSA) is 45.2 Å². The molecule has 5 rings (SSSR count). The van der Waals surface area contributed by atoms with Crippen LogP contribution in [0.4, 0.5) is 0 Å². The Balaban J connectivity index is 1.44. The number of fused-ring (bicyclic) bond motifs is 1. The number of aromatic hydroxyl groups is 1. The van der Waals surface area contributed by atoms with E-state index in [0.717, 1.165) is 21.7 Å². The molecule has 2 N–H and O–H groups in total. The lowest BCUT2D eigenvalue weighted by Crippen LogP contribution is -2.22. The number of thiazole rings is 1. The van der Waals surface area contributed by atoms with Crippen molar-refractivity contribution < 1.29 is 5.11 Å². The van der Waals surface area contributed by atoms with Crippen molar-refractivity contribution in [3.05, 3.63) is 120 Å². The summed E-state index contributed by atoms with van der Waals surface area (Å²) in [4.78, 5) is 4.76. The lowest BCUT2D eigenvalue weighted by molar-refractivity contribution is 0.462. The maximum atomic E-state index is 10.5. The van der Waals surface area contributed by atoms with Gasteiger partial charge in [0.2, 0.25) is 0 Å². The molecule has 0 radical (unpaired) electrons. The van der Waals surface area contributed by atoms with Crippen LogP contribution in [0.15, 0.2) is 103 Å². The van der Waals surface area contributed by atoms with Gasteiger partial charge in [-0.1, -0.05) is 72.8 Å². The lowest BCUT2D eigenvalue weighted by atomic mass is 9.98. The minimum absolute atomic E-state index is 0.0351. The number of aromatic nitrogens is 1. The fourth-order valence-electron chi connectivity index (χ4n) is 3.79. The van der Waals surface area contributed by atoms with Gasteiger partial charge in [-0.15, -0.1) is 11.3 Å². The van der Waals surface area contributed by atoms with Crippen LogP contribution in [0.25, 0.3) is 20.8 Å². The third-order valence-electron chi connectivity index (χ3n) is 5.38. The van der Waals surface area contributed by atoms with Crippen LogP contribution < -0.4 is 5.32 Å². The fourth-order valence-corrected chi connectivity index (χ4v) is 4.75. The van der Waals surface area contributed by atoms with Crippen molar-refractivity contribution in [2.24, 2.45) is 0 Å². The van der Waals surface area contributed by atoms with Crippen molar-refractivity contribution in [2.75, 3.05) is 0 Å². The van der Waals surface area contributed by atoms with Crippen molar-refractivity contribution in [2.45, 2.75) is 12.6 Å². The molecule has 0 aliphatic rings. The summed E-state index contributed by atoms with van der Waals surface area (Å²) >= 11 is 1.67. The monoisotopic (exact) mass is 422 g/mol. The summed E-state index contributed by atoms with van der Waals surface area (Å²) in [5.74, 6) is 0.289. The molecule has 0 unspecified atom stereocenters. The predicted octanol–water partition coefficient (Wildman–Crippen LogP) is 6.55. The molecule has 4 aromatic carbocycles. The van der Waals surface area contributed by atoms with Crippen LogP contribution in [0.2, 0.25) is 0 Å². The number of para-hydroxylation sites is 1. The van der Waals surface area contributed by atoms with Crippen LogP contribution in [-0.2, 0) is 6.54 Å². The minimum Gasteiger partial charge on any atom is -0.508 e. The molecule has 0 spiro atoms. The van der Waals surface area contributed by atoms with Gasteiger partial charge in [0.1, 0.15) is 10.8 Å². The molecular formula is C27H22N2OS. The zero-order valence-electron chi connectivity index (χ0n) is 16.9. The van der Waals surface area contributed by atoms with E-state index in [1.54, 1.807) is 17.4 Å². The van der Waals surface area contributed by atoms with Gasteiger partial charge in [-0.2, -0.15) is 0 Å². The van der Waals surface area contributed by atoms with Crippen molar-refractivity contribution in [3.63, 3.8) is 0 Å². The highest BCUT2D eigenvalue weighted by Crippen LogP contribution is 2.33. The zero-order chi connectivity index (χ0) is 21.0. The molecular weight excluding hydrogens is 400 g/mol. The summed E-state index contributed by atoms with van der Waals surface area (Å²) in [5.41, 5.74) is 5.26. The van der Waals surface area contributed by atoms with Gasteiger partial charge in [0.25, 0.3) is 0 Å². The van der Waals surface area contributed by atoms with Gasteiger partial charge in [0.15, 0.2) is 0 Å². The van der Waals surface area contributed by atoms with Gasteiger partial charge < -0.3 is 10.4 Å². The zero-order valence-corrected chi connectivity index (χ0v) is 17.7. The molecule has 1 heterocycles. The maximum absolute atomic E-state index is 10.5. The van der Waals surface area contributed by atoms with E-state index in [1.165, 1.54) is 15.8 Å². The number of benzene rings is 4. The summed E-state index contributed by atoms with van der Waals surface area (Å²) in [5, 5.41) is 15.1. The number of rotatable bonds is 6. The quantitative estimate of drug-likeness (QED) is 0.326. The Morgan fingerprint density at radius 3 is 2.10 bits per heavy atom. The Hall–Kier alpha value is -3.47. The molecule has 0 fully saturated rings. The van der Waals surface area contributed by atoms with Gasteiger partial charge in [-0.25, -0.2) is 4.98 Å². The molecule has 0 atom stereocenters. The van der Waals surface area contributed by atoms with Crippen LogP contribution in [0.5, 0.6) is 5.75 Å². The summed E-state index contributed by atoms with van der Waals surface area (Å²) in [6, 6.07) is 34.7. The molecule has 0 saturated heterocycles. The first-order valence-corrected chi connectivity index (χ1v) is 11.1. The van der Waals surface area contributed by atoms with Crippen LogP contribution in [0, 0.1) is 0 Å². The molecule has 4 heteroatoms. The van der Waals surface area contributed by atoms with Gasteiger partial charge in [-0.05, 0) is 41.5 Å². The van der Waals surface area contributed by atoms with Crippen molar-refractivity contribution in [3.8, 4) is 16.3 Å². The summed E-state index contributed by atoms with van der Waals surface area (Å²) in [7, 11) is 0. The number of nitrogens with zero attached hydrogens (tertiary/aromatic N) is 1. The van der Waals surface area contributed by atoms with Gasteiger partial charge >= 0.3 is 0 Å². The normalized spacial score (nSPS) is 11.3. The third-order valence-corrected chi connectivity index (χ3v) is 6.47. The van der Waals surface area contributed by atoms with Crippen molar-refractivity contribution in [1.82, 2.24) is 10.3 Å². The second-order valence-corrected chi connectivity index (χ2v) is 8.50. The van der Waals surface area contributed by atoms with Crippen molar-refractivity contribution >= 4 is 21.6 Å². The van der Waals surface area contributed by atoms with E-state index >= 15 is 0 Å². The largest absolute Gasteiger partial charge is 0.508 e. The molecule has 0 aliphatic heterocycles. The van der Waals surface area contributed by atoms with Gasteiger partial charge in [0, 0.05) is 17.7 Å². The summed E-state index contributed by atoms with van der Waals surface area (Å²) in [6.45, 7) is 0.541. The van der Waals surface area contributed by atoms with E-state index in [2.05, 4.69) is 59.9 Å². The molecule has 3 nitrogen and oxygen atoms in total. The first-order chi connectivity index (χ1) is 15.3.